The zero-order chi connectivity index (χ0) is 22.3. The first-order valence-electron chi connectivity index (χ1n) is 10.4. The molecule has 0 unspecified atom stereocenters. The van der Waals surface area contributed by atoms with Crippen LogP contribution in [0.1, 0.15) is 39.5 Å². The van der Waals surface area contributed by atoms with Gasteiger partial charge in [-0.25, -0.2) is 4.98 Å². The molecule has 31 heavy (non-hydrogen) atoms. The fourth-order valence-electron chi connectivity index (χ4n) is 3.26. The van der Waals surface area contributed by atoms with Gasteiger partial charge in [0, 0.05) is 19.0 Å². The third kappa shape index (κ3) is 6.71. The highest BCUT2D eigenvalue weighted by atomic mass is 35.5. The Balaban J connectivity index is 1.76. The molecule has 10 nitrogen and oxygen atoms in total. The quantitative estimate of drug-likeness (QED) is 0.378. The maximum Gasteiger partial charge on any atom is 0.353 e. The lowest BCUT2D eigenvalue weighted by Crippen LogP contribution is -2.27. The van der Waals surface area contributed by atoms with E-state index in [1.807, 2.05) is 4.57 Å². The summed E-state index contributed by atoms with van der Waals surface area (Å²) < 4.78 is 37.2. The van der Waals surface area contributed by atoms with Gasteiger partial charge >= 0.3 is 7.60 Å². The average molecular weight is 474 g/mol. The van der Waals surface area contributed by atoms with E-state index in [1.165, 1.54) is 5.82 Å². The average Bonchev–Trinajstić information content (AvgIpc) is 3.14. The number of anilines is 1. The Morgan fingerprint density at radius 1 is 1.35 bits per heavy atom. The van der Waals surface area contributed by atoms with Crippen molar-refractivity contribution >= 4 is 36.3 Å². The molecule has 1 aliphatic heterocycles. The second-order valence-corrected chi connectivity index (χ2v) is 9.21. The summed E-state index contributed by atoms with van der Waals surface area (Å²) in [4.78, 5) is 12.4. The molecule has 12 heteroatoms. The number of ether oxygens (including phenoxy) is 2. The molecule has 172 valence electrons. The molecule has 0 saturated carbocycles. The normalized spacial score (nSPS) is 18.7. The van der Waals surface area contributed by atoms with E-state index in [4.69, 9.17) is 35.9 Å². The number of nitrogens with two attached hydrogens (primary N) is 1. The second-order valence-electron chi connectivity index (χ2n) is 6.96. The summed E-state index contributed by atoms with van der Waals surface area (Å²) in [5.74, 6) is 1.55. The number of imidazole rings is 1. The van der Waals surface area contributed by atoms with Gasteiger partial charge in [0.25, 0.3) is 0 Å². The molecule has 2 atom stereocenters. The highest BCUT2D eigenvalue weighted by Gasteiger charge is 2.23. The highest BCUT2D eigenvalue weighted by molar-refractivity contribution is 7.57. The Bertz CT molecular complexity index is 924. The van der Waals surface area contributed by atoms with Crippen LogP contribution in [0.25, 0.3) is 11.2 Å². The molecule has 0 radical (unpaired) electrons. The lowest BCUT2D eigenvalue weighted by atomic mass is 10.2. The summed E-state index contributed by atoms with van der Waals surface area (Å²) in [6.07, 6.45) is 6.07. The van der Waals surface area contributed by atoms with Gasteiger partial charge in [-0.2, -0.15) is 9.97 Å². The van der Waals surface area contributed by atoms with Gasteiger partial charge in [-0.1, -0.05) is 11.6 Å². The minimum Gasteiger partial charge on any atom is -0.368 e. The van der Waals surface area contributed by atoms with Crippen molar-refractivity contribution in [2.24, 2.45) is 0 Å². The lowest BCUT2D eigenvalue weighted by Gasteiger charge is -2.26. The third-order valence-corrected chi connectivity index (χ3v) is 6.70. The van der Waals surface area contributed by atoms with Gasteiger partial charge in [0.05, 0.1) is 25.6 Å². The highest BCUT2D eigenvalue weighted by Crippen LogP contribution is 2.49. The monoisotopic (exact) mass is 473 g/mol. The molecule has 1 aliphatic rings. The summed E-state index contributed by atoms with van der Waals surface area (Å²) in [6, 6.07) is 0. The predicted molar refractivity (Wildman–Crippen MR) is 118 cm³/mol. The van der Waals surface area contributed by atoms with E-state index in [2.05, 4.69) is 15.0 Å². The van der Waals surface area contributed by atoms with E-state index in [9.17, 15) is 4.57 Å². The van der Waals surface area contributed by atoms with Crippen molar-refractivity contribution in [2.45, 2.75) is 58.5 Å². The Labute approximate surface area is 186 Å². The first-order chi connectivity index (χ1) is 14.9. The molecule has 2 N–H and O–H groups in total. The van der Waals surface area contributed by atoms with Crippen molar-refractivity contribution in [1.82, 2.24) is 19.5 Å². The Morgan fingerprint density at radius 3 is 2.81 bits per heavy atom. The first kappa shape index (κ1) is 24.1. The van der Waals surface area contributed by atoms with Crippen LogP contribution in [-0.4, -0.2) is 51.7 Å². The van der Waals surface area contributed by atoms with Crippen molar-refractivity contribution in [2.75, 3.05) is 25.6 Å². The summed E-state index contributed by atoms with van der Waals surface area (Å²) >= 11 is 6.11. The molecule has 1 fully saturated rings. The smallest absolute Gasteiger partial charge is 0.353 e. The van der Waals surface area contributed by atoms with E-state index in [1.54, 1.807) is 26.3 Å². The van der Waals surface area contributed by atoms with E-state index >= 15 is 0 Å². The first-order valence-corrected chi connectivity index (χ1v) is 12.4. The number of halogens is 1. The molecule has 0 spiro atoms. The number of rotatable bonds is 11. The van der Waals surface area contributed by atoms with Gasteiger partial charge in [-0.15, -0.1) is 0 Å². The van der Waals surface area contributed by atoms with Gasteiger partial charge in [-0.05, 0) is 45.6 Å². The van der Waals surface area contributed by atoms with E-state index in [0.29, 0.717) is 30.7 Å². The Hall–Kier alpha value is -1.55. The summed E-state index contributed by atoms with van der Waals surface area (Å²) in [6.45, 7) is 5.28. The fourth-order valence-corrected chi connectivity index (χ4v) is 4.85. The second kappa shape index (κ2) is 11.4. The van der Waals surface area contributed by atoms with Crippen LogP contribution in [0, 0.1) is 0 Å². The molecular formula is C19H29ClN5O5P. The number of hydrogen-bond acceptors (Lipinski definition) is 9. The molecule has 2 aromatic heterocycles. The van der Waals surface area contributed by atoms with Crippen molar-refractivity contribution in [1.29, 1.82) is 0 Å². The van der Waals surface area contributed by atoms with E-state index in [0.717, 1.165) is 19.3 Å². The molecule has 1 saturated heterocycles. The zero-order valence-electron chi connectivity index (χ0n) is 17.8. The van der Waals surface area contributed by atoms with Crippen LogP contribution in [0.4, 0.5) is 5.95 Å². The largest absolute Gasteiger partial charge is 0.368 e. The molecule has 3 heterocycles. The predicted octanol–water partition coefficient (Wildman–Crippen LogP) is 4.14. The van der Waals surface area contributed by atoms with Crippen LogP contribution in [0.5, 0.6) is 0 Å². The van der Waals surface area contributed by atoms with Gasteiger partial charge in [0.2, 0.25) is 5.95 Å². The Kier molecular flexibility index (Phi) is 8.83. The SMILES string of the molecule is CCOP(=O)(/C=C/[C@H](CCn1cnc2c(Cl)nc(N)nc21)O[C@@H]1CCCCO1)OCC. The molecule has 0 amide bonds. The fraction of sp³-hybridized carbons (Fsp3) is 0.632. The molecular weight excluding hydrogens is 445 g/mol. The summed E-state index contributed by atoms with van der Waals surface area (Å²) in [5.41, 5.74) is 6.75. The third-order valence-electron chi connectivity index (χ3n) is 4.66. The zero-order valence-corrected chi connectivity index (χ0v) is 19.4. The summed E-state index contributed by atoms with van der Waals surface area (Å²) in [5, 5.41) is 0.207. The van der Waals surface area contributed by atoms with Crippen LogP contribution < -0.4 is 5.73 Å². The minimum absolute atomic E-state index is 0.0805. The number of hydrogen-bond donors (Lipinski definition) is 1. The number of nitrogen functional groups attached to an aromatic ring is 1. The number of aryl methyl sites for hydroxylation is 1. The molecule has 0 aliphatic carbocycles. The number of fused-ring (bicyclic) bond motifs is 1. The van der Waals surface area contributed by atoms with Crippen molar-refractivity contribution in [3.05, 3.63) is 23.4 Å². The van der Waals surface area contributed by atoms with Crippen molar-refractivity contribution < 1.29 is 23.1 Å². The molecule has 2 aromatic rings. The number of nitrogens with zero attached hydrogens (tertiary/aromatic N) is 4. The number of aromatic nitrogens is 4. The van der Waals surface area contributed by atoms with Crippen LogP contribution in [0.3, 0.4) is 0 Å². The maximum absolute atomic E-state index is 12.8. The molecule has 3 rings (SSSR count). The molecule has 0 aromatic carbocycles. The standard InChI is InChI=1S/C19H29ClN5O5P/c1-3-28-31(26,29-4-2)12-9-14(30-15-7-5-6-11-27-15)8-10-25-13-22-16-17(20)23-19(21)24-18(16)25/h9,12-15H,3-8,10-11H2,1-2H3,(H2,21,23,24)/b12-9+/t14-,15+/m0/s1. The summed E-state index contributed by atoms with van der Waals surface area (Å²) in [7, 11) is -3.34. The Morgan fingerprint density at radius 2 is 2.13 bits per heavy atom. The van der Waals surface area contributed by atoms with Crippen molar-refractivity contribution in [3.63, 3.8) is 0 Å². The minimum atomic E-state index is -3.34. The van der Waals surface area contributed by atoms with E-state index < -0.39 is 7.60 Å². The van der Waals surface area contributed by atoms with Crippen LogP contribution in [-0.2, 0) is 29.6 Å². The van der Waals surface area contributed by atoms with Gasteiger partial charge < -0.3 is 28.8 Å². The topological polar surface area (TPSA) is 124 Å². The lowest BCUT2D eigenvalue weighted by molar-refractivity contribution is -0.179. The van der Waals surface area contributed by atoms with Gasteiger partial charge in [0.15, 0.2) is 17.1 Å². The van der Waals surface area contributed by atoms with E-state index in [-0.39, 0.29) is 36.7 Å². The van der Waals surface area contributed by atoms with Gasteiger partial charge in [-0.3, -0.25) is 4.57 Å². The van der Waals surface area contributed by atoms with Crippen LogP contribution >= 0.6 is 19.2 Å². The van der Waals surface area contributed by atoms with Crippen LogP contribution in [0.15, 0.2) is 18.2 Å². The maximum atomic E-state index is 12.8. The van der Waals surface area contributed by atoms with Gasteiger partial charge in [0.1, 0.15) is 5.52 Å². The molecule has 0 bridgehead atoms. The van der Waals surface area contributed by atoms with Crippen LogP contribution in [0.2, 0.25) is 5.15 Å². The van der Waals surface area contributed by atoms with Crippen molar-refractivity contribution in [3.8, 4) is 0 Å².